The van der Waals surface area contributed by atoms with Crippen LogP contribution < -0.4 is 0 Å². The second-order valence-corrected chi connectivity index (χ2v) is 4.50. The van der Waals surface area contributed by atoms with E-state index in [1.165, 1.54) is 17.8 Å². The Morgan fingerprint density at radius 1 is 1.33 bits per heavy atom. The van der Waals surface area contributed by atoms with Gasteiger partial charge in [0.25, 0.3) is 0 Å². The second-order valence-electron chi connectivity index (χ2n) is 3.97. The van der Waals surface area contributed by atoms with Crippen LogP contribution in [-0.2, 0) is 6.42 Å². The first-order chi connectivity index (χ1) is 8.84. The topological polar surface area (TPSA) is 38.1 Å². The van der Waals surface area contributed by atoms with Crippen LogP contribution in [0.4, 0.5) is 4.39 Å². The van der Waals surface area contributed by atoms with Crippen molar-refractivity contribution < 1.29 is 4.39 Å². The number of rotatable bonds is 2. The lowest BCUT2D eigenvalue weighted by molar-refractivity contribution is 0.625. The highest BCUT2D eigenvalue weighted by Crippen LogP contribution is 2.26. The lowest BCUT2D eigenvalue weighted by atomic mass is 10.0. The second kappa shape index (κ2) is 4.78. The van der Waals surface area contributed by atoms with E-state index in [1.54, 1.807) is 24.4 Å². The first-order valence-corrected chi connectivity index (χ1v) is 6.33. The van der Waals surface area contributed by atoms with E-state index >= 15 is 0 Å². The van der Waals surface area contributed by atoms with Gasteiger partial charge in [0.15, 0.2) is 0 Å². The van der Waals surface area contributed by atoms with Crippen LogP contribution in [0.1, 0.15) is 23.0 Å². The number of hydrogen-bond acceptors (Lipinski definition) is 4. The van der Waals surface area contributed by atoms with Crippen LogP contribution in [0.3, 0.4) is 0 Å². The number of nitrogens with zero attached hydrogens (tertiary/aromatic N) is 3. The van der Waals surface area contributed by atoms with Gasteiger partial charge in [-0.25, -0.2) is 4.39 Å². The van der Waals surface area contributed by atoms with E-state index in [4.69, 9.17) is 0 Å². The van der Waals surface area contributed by atoms with E-state index in [0.29, 0.717) is 5.56 Å². The molecule has 0 saturated heterocycles. The average molecular weight is 259 g/mol. The fraction of sp³-hybridized carbons (Fsp3) is 0.154. The summed E-state index contributed by atoms with van der Waals surface area (Å²) in [5.74, 6) is -0.266. The molecule has 0 radical (unpaired) electrons. The maximum Gasteiger partial charge on any atom is 0.131 e. The van der Waals surface area contributed by atoms with Gasteiger partial charge in [-0.05, 0) is 6.07 Å². The quantitative estimate of drug-likeness (QED) is 0.614. The van der Waals surface area contributed by atoms with E-state index in [9.17, 15) is 4.39 Å². The van der Waals surface area contributed by atoms with E-state index < -0.39 is 0 Å². The van der Waals surface area contributed by atoms with Crippen molar-refractivity contribution in [3.8, 4) is 0 Å². The summed E-state index contributed by atoms with van der Waals surface area (Å²) >= 11 is 1.20. The third kappa shape index (κ3) is 2.09. The molecule has 3 rings (SSSR count). The van der Waals surface area contributed by atoms with Gasteiger partial charge in [-0.1, -0.05) is 30.4 Å². The summed E-state index contributed by atoms with van der Waals surface area (Å²) in [7, 11) is 0. The predicted molar refractivity (Wildman–Crippen MR) is 69.5 cm³/mol. The summed E-state index contributed by atoms with van der Waals surface area (Å²) in [6, 6.07) is 6.43. The van der Waals surface area contributed by atoms with Gasteiger partial charge in [-0.15, -0.1) is 0 Å². The Balaban J connectivity index is 1.88. The van der Waals surface area contributed by atoms with Crippen molar-refractivity contribution in [2.45, 2.75) is 12.5 Å². The molecule has 90 valence electrons. The SMILES string of the molecule is Fc1ccccc1C=N[C@H]1C=CCc2nsnc21. The monoisotopic (exact) mass is 259 g/mol. The van der Waals surface area contributed by atoms with Crippen molar-refractivity contribution in [1.29, 1.82) is 0 Å². The third-order valence-corrected chi connectivity index (χ3v) is 3.36. The lowest BCUT2D eigenvalue weighted by Crippen LogP contribution is -2.03. The van der Waals surface area contributed by atoms with Crippen molar-refractivity contribution in [1.82, 2.24) is 8.75 Å². The third-order valence-electron chi connectivity index (χ3n) is 2.78. The molecule has 1 atom stereocenters. The number of aromatic nitrogens is 2. The first-order valence-electron chi connectivity index (χ1n) is 5.60. The van der Waals surface area contributed by atoms with Crippen molar-refractivity contribution in [2.75, 3.05) is 0 Å². The molecule has 0 amide bonds. The van der Waals surface area contributed by atoms with Gasteiger partial charge in [0, 0.05) is 18.2 Å². The van der Waals surface area contributed by atoms with Crippen LogP contribution >= 0.6 is 11.7 Å². The minimum atomic E-state index is -0.266. The molecule has 0 aliphatic heterocycles. The zero-order chi connectivity index (χ0) is 12.4. The molecule has 1 aromatic carbocycles. The normalized spacial score (nSPS) is 18.2. The maximum absolute atomic E-state index is 13.4. The first kappa shape index (κ1) is 11.2. The minimum Gasteiger partial charge on any atom is -0.278 e. The summed E-state index contributed by atoms with van der Waals surface area (Å²) in [6.45, 7) is 0. The summed E-state index contributed by atoms with van der Waals surface area (Å²) in [6.07, 6.45) is 6.35. The summed E-state index contributed by atoms with van der Waals surface area (Å²) in [5, 5.41) is 0. The Kier molecular flexibility index (Phi) is 2.98. The highest BCUT2D eigenvalue weighted by molar-refractivity contribution is 6.99. The molecule has 0 saturated carbocycles. The molecule has 0 N–H and O–H groups in total. The van der Waals surface area contributed by atoms with E-state index in [1.807, 2.05) is 12.2 Å². The predicted octanol–water partition coefficient (Wildman–Crippen LogP) is 2.95. The Labute approximate surface area is 108 Å². The Morgan fingerprint density at radius 2 is 2.22 bits per heavy atom. The van der Waals surface area contributed by atoms with Crippen LogP contribution in [0, 0.1) is 5.82 Å². The number of aliphatic imine (C=N–C) groups is 1. The van der Waals surface area contributed by atoms with E-state index in [-0.39, 0.29) is 11.9 Å². The van der Waals surface area contributed by atoms with Crippen molar-refractivity contribution in [3.63, 3.8) is 0 Å². The van der Waals surface area contributed by atoms with E-state index in [0.717, 1.165) is 17.8 Å². The molecule has 0 bridgehead atoms. The number of benzene rings is 1. The molecule has 5 heteroatoms. The van der Waals surface area contributed by atoms with E-state index in [2.05, 4.69) is 13.7 Å². The van der Waals surface area contributed by atoms with Crippen molar-refractivity contribution in [3.05, 3.63) is 59.2 Å². The number of allylic oxidation sites excluding steroid dienone is 1. The van der Waals surface area contributed by atoms with Crippen LogP contribution in [0.25, 0.3) is 0 Å². The summed E-state index contributed by atoms with van der Waals surface area (Å²) < 4.78 is 21.9. The molecular formula is C13H10FN3S. The van der Waals surface area contributed by atoms with Crippen molar-refractivity contribution in [2.24, 2.45) is 4.99 Å². The summed E-state index contributed by atoms with van der Waals surface area (Å²) in [4.78, 5) is 4.38. The molecule has 0 spiro atoms. The van der Waals surface area contributed by atoms with Crippen LogP contribution in [0.2, 0.25) is 0 Å². The largest absolute Gasteiger partial charge is 0.278 e. The van der Waals surface area contributed by atoms with Crippen LogP contribution in [0.5, 0.6) is 0 Å². The highest BCUT2D eigenvalue weighted by atomic mass is 32.1. The number of fused-ring (bicyclic) bond motifs is 1. The van der Waals surface area contributed by atoms with Gasteiger partial charge in [0.2, 0.25) is 0 Å². The smallest absolute Gasteiger partial charge is 0.131 e. The highest BCUT2D eigenvalue weighted by Gasteiger charge is 2.18. The van der Waals surface area contributed by atoms with Crippen LogP contribution in [0.15, 0.2) is 41.4 Å². The van der Waals surface area contributed by atoms with Crippen molar-refractivity contribution >= 4 is 17.9 Å². The van der Waals surface area contributed by atoms with Gasteiger partial charge in [0.1, 0.15) is 17.6 Å². The fourth-order valence-electron chi connectivity index (χ4n) is 1.84. The molecule has 2 aromatic rings. The van der Waals surface area contributed by atoms with Gasteiger partial charge in [-0.2, -0.15) is 8.75 Å². The van der Waals surface area contributed by atoms with Gasteiger partial charge in [0.05, 0.1) is 17.4 Å². The van der Waals surface area contributed by atoms with Gasteiger partial charge < -0.3 is 0 Å². The fourth-order valence-corrected chi connectivity index (χ4v) is 2.45. The minimum absolute atomic E-state index is 0.146. The van der Waals surface area contributed by atoms with Gasteiger partial charge >= 0.3 is 0 Å². The Bertz CT molecular complexity index is 618. The number of hydrogen-bond donors (Lipinski definition) is 0. The van der Waals surface area contributed by atoms with Gasteiger partial charge in [-0.3, -0.25) is 4.99 Å². The lowest BCUT2D eigenvalue weighted by Gasteiger charge is -2.10. The molecular weight excluding hydrogens is 249 g/mol. The number of halogens is 1. The molecule has 0 unspecified atom stereocenters. The molecule has 18 heavy (non-hydrogen) atoms. The molecule has 0 fully saturated rings. The average Bonchev–Trinajstić information content (AvgIpc) is 2.86. The zero-order valence-corrected chi connectivity index (χ0v) is 10.3. The Morgan fingerprint density at radius 3 is 3.11 bits per heavy atom. The Hall–Kier alpha value is -1.88. The maximum atomic E-state index is 13.4. The zero-order valence-electron chi connectivity index (χ0n) is 9.45. The molecule has 1 aliphatic rings. The molecule has 1 heterocycles. The molecule has 1 aliphatic carbocycles. The molecule has 3 nitrogen and oxygen atoms in total. The standard InChI is InChI=1S/C13H10FN3S/c14-10-5-2-1-4-9(10)8-15-11-6-3-7-12-13(11)17-18-16-12/h1-6,8,11H,7H2/t11-/m0/s1. The summed E-state index contributed by atoms with van der Waals surface area (Å²) in [5.41, 5.74) is 2.34. The van der Waals surface area contributed by atoms with Crippen LogP contribution in [-0.4, -0.2) is 15.0 Å². The molecule has 1 aromatic heterocycles.